The topological polar surface area (TPSA) is 150 Å². The van der Waals surface area contributed by atoms with Crippen LogP contribution in [-0.2, 0) is 19.2 Å². The number of carboxylic acid groups (broad SMARTS) is 2. The minimum Gasteiger partial charge on any atom is -0.473 e. The van der Waals surface area contributed by atoms with Crippen LogP contribution in [0.1, 0.15) is 51.5 Å². The van der Waals surface area contributed by atoms with Gasteiger partial charge in [0.05, 0.1) is 6.04 Å². The Kier molecular flexibility index (Phi) is 9.27. The van der Waals surface area contributed by atoms with E-state index in [4.69, 9.17) is 25.5 Å². The van der Waals surface area contributed by atoms with E-state index in [1.807, 2.05) is 38.1 Å². The lowest BCUT2D eigenvalue weighted by Gasteiger charge is -2.28. The monoisotopic (exact) mass is 407 g/mol. The molecule has 0 unspecified atom stereocenters. The van der Waals surface area contributed by atoms with Gasteiger partial charge in [-0.1, -0.05) is 45.4 Å². The number of fused-ring (bicyclic) bond motifs is 1. The van der Waals surface area contributed by atoms with Gasteiger partial charge < -0.3 is 21.3 Å². The predicted octanol–water partition coefficient (Wildman–Crippen LogP) is 1.31. The van der Waals surface area contributed by atoms with Crippen molar-refractivity contribution in [1.29, 1.82) is 0 Å². The van der Waals surface area contributed by atoms with Gasteiger partial charge in [0.15, 0.2) is 0 Å². The van der Waals surface area contributed by atoms with E-state index >= 15 is 0 Å². The molecule has 9 nitrogen and oxygen atoms in total. The van der Waals surface area contributed by atoms with E-state index in [2.05, 4.69) is 12.2 Å². The molecule has 2 amide bonds. The molecule has 0 saturated heterocycles. The molecule has 0 spiro atoms. The van der Waals surface area contributed by atoms with Gasteiger partial charge in [-0.25, -0.2) is 9.59 Å². The number of carbonyl (C=O) groups excluding carboxylic acids is 2. The van der Waals surface area contributed by atoms with Crippen LogP contribution in [-0.4, -0.2) is 52.6 Å². The minimum atomic E-state index is -1.82. The lowest BCUT2D eigenvalue weighted by molar-refractivity contribution is -0.159. The summed E-state index contributed by atoms with van der Waals surface area (Å²) in [5.74, 6) is -3.97. The molecule has 5 N–H and O–H groups in total. The molecule has 29 heavy (non-hydrogen) atoms. The highest BCUT2D eigenvalue weighted by Gasteiger charge is 2.44. The highest BCUT2D eigenvalue weighted by molar-refractivity contribution is 6.27. The molecule has 0 radical (unpaired) electrons. The first-order valence-electron chi connectivity index (χ1n) is 9.58. The number of aliphatic carboxylic acids is 2. The molecular formula is C20H29N3O6. The van der Waals surface area contributed by atoms with Gasteiger partial charge in [0, 0.05) is 18.2 Å². The molecule has 0 saturated carbocycles. The van der Waals surface area contributed by atoms with Crippen LogP contribution < -0.4 is 16.0 Å². The highest BCUT2D eigenvalue weighted by Crippen LogP contribution is 2.41. The molecule has 1 aliphatic heterocycles. The normalized spacial score (nSPS) is 18.1. The number of benzene rings is 1. The van der Waals surface area contributed by atoms with Crippen LogP contribution in [0.5, 0.6) is 0 Å². The number of nitrogens with one attached hydrogen (secondary N) is 1. The van der Waals surface area contributed by atoms with Crippen LogP contribution in [0.25, 0.3) is 0 Å². The number of carboxylic acids is 2. The Bertz CT molecular complexity index is 739. The van der Waals surface area contributed by atoms with E-state index in [0.717, 1.165) is 24.1 Å². The average Bonchev–Trinajstić information content (AvgIpc) is 3.00. The maximum atomic E-state index is 12.8. The Morgan fingerprint density at radius 1 is 1.14 bits per heavy atom. The second-order valence-corrected chi connectivity index (χ2v) is 6.77. The number of nitrogens with zero attached hydrogens (tertiary/aromatic N) is 1. The smallest absolute Gasteiger partial charge is 0.414 e. The number of para-hydroxylation sites is 1. The summed E-state index contributed by atoms with van der Waals surface area (Å²) in [7, 11) is 0. The Morgan fingerprint density at radius 3 is 2.24 bits per heavy atom. The van der Waals surface area contributed by atoms with Crippen molar-refractivity contribution in [2.45, 2.75) is 58.0 Å². The molecule has 0 bridgehead atoms. The second-order valence-electron chi connectivity index (χ2n) is 6.77. The third-order valence-electron chi connectivity index (χ3n) is 4.71. The van der Waals surface area contributed by atoms with Crippen molar-refractivity contribution in [2.75, 3.05) is 11.4 Å². The molecule has 160 valence electrons. The summed E-state index contributed by atoms with van der Waals surface area (Å²) in [6, 6.07) is 6.60. The fourth-order valence-corrected chi connectivity index (χ4v) is 3.08. The summed E-state index contributed by atoms with van der Waals surface area (Å²) in [6.07, 6.45) is 2.50. The lowest BCUT2D eigenvalue weighted by Crippen LogP contribution is -2.53. The zero-order chi connectivity index (χ0) is 22.1. The van der Waals surface area contributed by atoms with Crippen molar-refractivity contribution >= 4 is 29.4 Å². The molecule has 1 aromatic rings. The van der Waals surface area contributed by atoms with Crippen LogP contribution in [0.3, 0.4) is 0 Å². The third kappa shape index (κ3) is 6.02. The number of amides is 2. The summed E-state index contributed by atoms with van der Waals surface area (Å²) in [6.45, 7) is 6.59. The van der Waals surface area contributed by atoms with Crippen LogP contribution in [0.4, 0.5) is 5.69 Å². The predicted molar refractivity (Wildman–Crippen MR) is 108 cm³/mol. The van der Waals surface area contributed by atoms with Crippen molar-refractivity contribution in [3.8, 4) is 0 Å². The van der Waals surface area contributed by atoms with Crippen molar-refractivity contribution in [3.05, 3.63) is 29.8 Å². The van der Waals surface area contributed by atoms with Crippen LogP contribution in [0.15, 0.2) is 24.3 Å². The first-order chi connectivity index (χ1) is 13.7. The molecule has 2 rings (SSSR count). The van der Waals surface area contributed by atoms with Gasteiger partial charge in [-0.15, -0.1) is 0 Å². The largest absolute Gasteiger partial charge is 0.473 e. The minimum absolute atomic E-state index is 0.0409. The quantitative estimate of drug-likeness (QED) is 0.410. The van der Waals surface area contributed by atoms with Crippen molar-refractivity contribution in [2.24, 2.45) is 5.73 Å². The molecule has 0 fully saturated rings. The van der Waals surface area contributed by atoms with Crippen molar-refractivity contribution < 1.29 is 29.4 Å². The molecule has 1 heterocycles. The fourth-order valence-electron chi connectivity index (χ4n) is 3.08. The van der Waals surface area contributed by atoms with Gasteiger partial charge in [0.25, 0.3) is 0 Å². The summed E-state index contributed by atoms with van der Waals surface area (Å²) in [4.78, 5) is 45.2. The molecule has 1 aliphatic rings. The maximum absolute atomic E-state index is 12.8. The Hall–Kier alpha value is -2.94. The average molecular weight is 407 g/mol. The zero-order valence-corrected chi connectivity index (χ0v) is 16.9. The Labute approximate surface area is 169 Å². The first-order valence-corrected chi connectivity index (χ1v) is 9.58. The number of carbonyl (C=O) groups is 4. The Balaban J connectivity index is 0.000000612. The summed E-state index contributed by atoms with van der Waals surface area (Å²) in [5, 5.41) is 17.7. The summed E-state index contributed by atoms with van der Waals surface area (Å²) < 4.78 is 0. The van der Waals surface area contributed by atoms with E-state index < -0.39 is 24.0 Å². The highest BCUT2D eigenvalue weighted by atomic mass is 16.4. The third-order valence-corrected chi connectivity index (χ3v) is 4.71. The SMILES string of the molecule is CCCCNC(=O)[C@@H]1[C@H](C)c2ccccc2N1C(=O)[C@@H](N)CC.O=C(O)C(=O)O. The second kappa shape index (κ2) is 11.2. The molecule has 0 aliphatic carbocycles. The number of unbranched alkanes of at least 4 members (excludes halogenated alkanes) is 1. The van der Waals surface area contributed by atoms with Crippen molar-refractivity contribution in [1.82, 2.24) is 5.32 Å². The van der Waals surface area contributed by atoms with E-state index in [-0.39, 0.29) is 17.7 Å². The number of hydrogen-bond acceptors (Lipinski definition) is 5. The number of nitrogens with two attached hydrogens (primary N) is 1. The standard InChI is InChI=1S/C18H27N3O2.C2H2O4/c1-4-6-11-20-17(22)16-12(3)13-9-7-8-10-15(13)21(16)18(23)14(19)5-2;3-1(4)2(5)6/h7-10,12,14,16H,4-6,11,19H2,1-3H3,(H,20,22);(H,3,4)(H,5,6)/t12-,14+,16+;/m1./s1. The van der Waals surface area contributed by atoms with Crippen LogP contribution in [0, 0.1) is 0 Å². The fraction of sp³-hybridized carbons (Fsp3) is 0.500. The molecule has 9 heteroatoms. The van der Waals surface area contributed by atoms with Gasteiger partial charge in [0.2, 0.25) is 11.8 Å². The van der Waals surface area contributed by atoms with Crippen LogP contribution in [0.2, 0.25) is 0 Å². The summed E-state index contributed by atoms with van der Waals surface area (Å²) in [5.41, 5.74) is 7.80. The van der Waals surface area contributed by atoms with E-state index in [1.54, 1.807) is 4.90 Å². The van der Waals surface area contributed by atoms with Gasteiger partial charge >= 0.3 is 11.9 Å². The lowest BCUT2D eigenvalue weighted by atomic mass is 9.96. The number of hydrogen-bond donors (Lipinski definition) is 4. The van der Waals surface area contributed by atoms with Crippen molar-refractivity contribution in [3.63, 3.8) is 0 Å². The maximum Gasteiger partial charge on any atom is 0.414 e. The first kappa shape index (κ1) is 24.1. The van der Waals surface area contributed by atoms with Gasteiger partial charge in [-0.3, -0.25) is 14.5 Å². The molecule has 3 atom stereocenters. The van der Waals surface area contributed by atoms with Crippen LogP contribution >= 0.6 is 0 Å². The Morgan fingerprint density at radius 2 is 1.72 bits per heavy atom. The molecule has 1 aromatic carbocycles. The summed E-state index contributed by atoms with van der Waals surface area (Å²) >= 11 is 0. The van der Waals surface area contributed by atoms with Gasteiger partial charge in [-0.2, -0.15) is 0 Å². The molecular weight excluding hydrogens is 378 g/mol. The number of anilines is 1. The van der Waals surface area contributed by atoms with E-state index in [9.17, 15) is 9.59 Å². The van der Waals surface area contributed by atoms with Gasteiger partial charge in [-0.05, 0) is 24.5 Å². The van der Waals surface area contributed by atoms with Gasteiger partial charge in [0.1, 0.15) is 6.04 Å². The molecule has 0 aromatic heterocycles. The zero-order valence-electron chi connectivity index (χ0n) is 16.9. The van der Waals surface area contributed by atoms with E-state index in [0.29, 0.717) is 13.0 Å². The number of rotatable bonds is 6. The van der Waals surface area contributed by atoms with E-state index in [1.165, 1.54) is 0 Å².